The lowest BCUT2D eigenvalue weighted by molar-refractivity contribution is -0.143. The van der Waals surface area contributed by atoms with E-state index in [0.717, 1.165) is 5.56 Å². The highest BCUT2D eigenvalue weighted by molar-refractivity contribution is 6.06. The summed E-state index contributed by atoms with van der Waals surface area (Å²) in [6.45, 7) is 3.29. The van der Waals surface area contributed by atoms with Crippen molar-refractivity contribution in [1.82, 2.24) is 9.97 Å². The lowest BCUT2D eigenvalue weighted by Crippen LogP contribution is -2.24. The molecule has 0 amide bonds. The first-order valence-electron chi connectivity index (χ1n) is 4.47. The van der Waals surface area contributed by atoms with Gasteiger partial charge in [0.05, 0.1) is 7.11 Å². The standard InChI is InChI=1S/C10H12N2O3/c1-6-4-11-9(12-5-6)8(13)7(2)10(14)15-3/h4-5,7H,1-3H3. The van der Waals surface area contributed by atoms with Gasteiger partial charge in [-0.3, -0.25) is 9.59 Å². The predicted octanol–water partition coefficient (Wildman–Crippen LogP) is 0.777. The molecule has 1 aromatic heterocycles. The van der Waals surface area contributed by atoms with E-state index in [1.165, 1.54) is 26.4 Å². The number of ether oxygens (including phenoxy) is 1. The number of hydrogen-bond acceptors (Lipinski definition) is 5. The van der Waals surface area contributed by atoms with E-state index in [4.69, 9.17) is 0 Å². The highest BCUT2D eigenvalue weighted by atomic mass is 16.5. The molecule has 5 nitrogen and oxygen atoms in total. The molecule has 0 aliphatic rings. The molecular weight excluding hydrogens is 196 g/mol. The van der Waals surface area contributed by atoms with Crippen molar-refractivity contribution in [2.45, 2.75) is 13.8 Å². The minimum Gasteiger partial charge on any atom is -0.468 e. The highest BCUT2D eigenvalue weighted by Gasteiger charge is 2.25. The fourth-order valence-electron chi connectivity index (χ4n) is 0.997. The molecular formula is C10H12N2O3. The van der Waals surface area contributed by atoms with E-state index < -0.39 is 17.7 Å². The number of methoxy groups -OCH3 is 1. The molecule has 5 heteroatoms. The number of nitrogens with zero attached hydrogens (tertiary/aromatic N) is 2. The quantitative estimate of drug-likeness (QED) is 0.417. The normalized spacial score (nSPS) is 11.9. The van der Waals surface area contributed by atoms with Crippen LogP contribution in [0.15, 0.2) is 12.4 Å². The maximum absolute atomic E-state index is 11.6. The summed E-state index contributed by atoms with van der Waals surface area (Å²) in [6, 6.07) is 0. The minimum absolute atomic E-state index is 0.0403. The molecule has 0 radical (unpaired) electrons. The number of ketones is 1. The van der Waals surface area contributed by atoms with Crippen molar-refractivity contribution in [2.24, 2.45) is 5.92 Å². The van der Waals surface area contributed by atoms with Gasteiger partial charge in [-0.15, -0.1) is 0 Å². The Morgan fingerprint density at radius 3 is 2.33 bits per heavy atom. The third-order valence-electron chi connectivity index (χ3n) is 1.95. The number of aryl methyl sites for hydroxylation is 1. The zero-order valence-electron chi connectivity index (χ0n) is 8.85. The van der Waals surface area contributed by atoms with Crippen LogP contribution in [0, 0.1) is 12.8 Å². The van der Waals surface area contributed by atoms with Gasteiger partial charge in [0, 0.05) is 12.4 Å². The van der Waals surface area contributed by atoms with Gasteiger partial charge in [-0.25, -0.2) is 9.97 Å². The maximum Gasteiger partial charge on any atom is 0.316 e. The molecule has 0 aromatic carbocycles. The monoisotopic (exact) mass is 208 g/mol. The first-order valence-corrected chi connectivity index (χ1v) is 4.47. The van der Waals surface area contributed by atoms with E-state index in [2.05, 4.69) is 14.7 Å². The van der Waals surface area contributed by atoms with E-state index in [9.17, 15) is 9.59 Å². The first-order chi connectivity index (χ1) is 7.06. The number of esters is 1. The molecule has 0 saturated carbocycles. The second kappa shape index (κ2) is 4.63. The topological polar surface area (TPSA) is 69.2 Å². The summed E-state index contributed by atoms with van der Waals surface area (Å²) in [5, 5.41) is 0. The Labute approximate surface area is 87.5 Å². The summed E-state index contributed by atoms with van der Waals surface area (Å²) < 4.78 is 4.46. The Hall–Kier alpha value is -1.78. The molecule has 0 saturated heterocycles. The van der Waals surface area contributed by atoms with Crippen molar-refractivity contribution in [3.05, 3.63) is 23.8 Å². The third-order valence-corrected chi connectivity index (χ3v) is 1.95. The Morgan fingerprint density at radius 2 is 1.87 bits per heavy atom. The van der Waals surface area contributed by atoms with Gasteiger partial charge < -0.3 is 4.74 Å². The molecule has 80 valence electrons. The van der Waals surface area contributed by atoms with Crippen molar-refractivity contribution in [2.75, 3.05) is 7.11 Å². The number of carbonyl (C=O) groups is 2. The summed E-state index contributed by atoms with van der Waals surface area (Å²) in [5.41, 5.74) is 0.859. The van der Waals surface area contributed by atoms with Crippen molar-refractivity contribution in [3.63, 3.8) is 0 Å². The van der Waals surface area contributed by atoms with Crippen LogP contribution in [0.25, 0.3) is 0 Å². The van der Waals surface area contributed by atoms with Crippen LogP contribution in [0.4, 0.5) is 0 Å². The van der Waals surface area contributed by atoms with E-state index >= 15 is 0 Å². The van der Waals surface area contributed by atoms with Crippen LogP contribution in [-0.2, 0) is 9.53 Å². The number of rotatable bonds is 3. The zero-order valence-corrected chi connectivity index (χ0v) is 8.85. The second-order valence-electron chi connectivity index (χ2n) is 3.19. The molecule has 0 spiro atoms. The SMILES string of the molecule is COC(=O)C(C)C(=O)c1ncc(C)cn1. The van der Waals surface area contributed by atoms with Gasteiger partial charge in [0.15, 0.2) is 5.82 Å². The molecule has 15 heavy (non-hydrogen) atoms. The molecule has 1 heterocycles. The molecule has 0 aliphatic heterocycles. The summed E-state index contributed by atoms with van der Waals surface area (Å²) >= 11 is 0. The van der Waals surface area contributed by atoms with Gasteiger partial charge >= 0.3 is 5.97 Å². The lowest BCUT2D eigenvalue weighted by Gasteiger charge is -2.06. The summed E-state index contributed by atoms with van der Waals surface area (Å²) in [4.78, 5) is 30.4. The minimum atomic E-state index is -0.863. The average Bonchev–Trinajstić information content (AvgIpc) is 2.27. The van der Waals surface area contributed by atoms with Crippen LogP contribution in [0.2, 0.25) is 0 Å². The van der Waals surface area contributed by atoms with Crippen LogP contribution in [-0.4, -0.2) is 28.8 Å². The Balaban J connectivity index is 2.85. The molecule has 0 aliphatic carbocycles. The first kappa shape index (κ1) is 11.3. The molecule has 0 fully saturated rings. The number of hydrogen-bond donors (Lipinski definition) is 0. The van der Waals surface area contributed by atoms with E-state index in [1.807, 2.05) is 6.92 Å². The van der Waals surface area contributed by atoms with Gasteiger partial charge in [0.1, 0.15) is 5.92 Å². The molecule has 1 aromatic rings. The van der Waals surface area contributed by atoms with Crippen molar-refractivity contribution in [1.29, 1.82) is 0 Å². The summed E-state index contributed by atoms with van der Waals surface area (Å²) in [7, 11) is 1.24. The summed E-state index contributed by atoms with van der Waals surface area (Å²) in [6.07, 6.45) is 3.06. The molecule has 1 rings (SSSR count). The second-order valence-corrected chi connectivity index (χ2v) is 3.19. The average molecular weight is 208 g/mol. The zero-order chi connectivity index (χ0) is 11.4. The van der Waals surface area contributed by atoms with Crippen molar-refractivity contribution >= 4 is 11.8 Å². The Morgan fingerprint density at radius 1 is 1.33 bits per heavy atom. The van der Waals surface area contributed by atoms with Crippen LogP contribution in [0.1, 0.15) is 23.1 Å². The molecule has 0 N–H and O–H groups in total. The van der Waals surface area contributed by atoms with Gasteiger partial charge in [0.25, 0.3) is 0 Å². The van der Waals surface area contributed by atoms with Gasteiger partial charge in [-0.2, -0.15) is 0 Å². The molecule has 1 atom stereocenters. The lowest BCUT2D eigenvalue weighted by atomic mass is 10.1. The van der Waals surface area contributed by atoms with Crippen molar-refractivity contribution < 1.29 is 14.3 Å². The third kappa shape index (κ3) is 2.59. The maximum atomic E-state index is 11.6. The number of aromatic nitrogens is 2. The van der Waals surface area contributed by atoms with Crippen LogP contribution in [0.3, 0.4) is 0 Å². The largest absolute Gasteiger partial charge is 0.468 e. The van der Waals surface area contributed by atoms with Crippen LogP contribution < -0.4 is 0 Å². The Bertz CT molecular complexity index is 373. The van der Waals surface area contributed by atoms with Gasteiger partial charge in [0.2, 0.25) is 5.78 Å². The smallest absolute Gasteiger partial charge is 0.316 e. The fraction of sp³-hybridized carbons (Fsp3) is 0.400. The number of carbonyl (C=O) groups excluding carboxylic acids is 2. The van der Waals surface area contributed by atoms with Crippen LogP contribution in [0.5, 0.6) is 0 Å². The van der Waals surface area contributed by atoms with E-state index in [-0.39, 0.29) is 5.82 Å². The van der Waals surface area contributed by atoms with Gasteiger partial charge in [-0.1, -0.05) is 0 Å². The predicted molar refractivity (Wildman–Crippen MR) is 52.3 cm³/mol. The fourth-order valence-corrected chi connectivity index (χ4v) is 0.997. The summed E-state index contributed by atoms with van der Waals surface area (Å²) in [5.74, 6) is -1.83. The van der Waals surface area contributed by atoms with Crippen molar-refractivity contribution in [3.8, 4) is 0 Å². The van der Waals surface area contributed by atoms with Crippen LogP contribution >= 0.6 is 0 Å². The molecule has 1 unspecified atom stereocenters. The van der Waals surface area contributed by atoms with Gasteiger partial charge in [-0.05, 0) is 19.4 Å². The van der Waals surface area contributed by atoms with E-state index in [0.29, 0.717) is 0 Å². The van der Waals surface area contributed by atoms with E-state index in [1.54, 1.807) is 0 Å². The highest BCUT2D eigenvalue weighted by Crippen LogP contribution is 2.06. The molecule has 0 bridgehead atoms. The number of Topliss-reactive ketones (excluding diaryl/α,β-unsaturated/α-hetero) is 1. The Kier molecular flexibility index (Phi) is 3.49.